The van der Waals surface area contributed by atoms with E-state index in [2.05, 4.69) is 47.0 Å². The minimum absolute atomic E-state index is 0.00516. The standard InChI is InChI=1S/C28H34IN3O3/c1-16-13-23(21(14-22(16)29)17-5-6-17)30-24-12-9-19-15-32(26(33)25(19)31-24)20-10-7-18(8-11-20)27(34)35-28(2,3)4/h9,12-14,17-18,20H,5-8,10-11,15H2,1-4H3,(H,30,31). The van der Waals surface area contributed by atoms with Gasteiger partial charge in [0.2, 0.25) is 0 Å². The number of carbonyl (C=O) groups excluding carboxylic acids is 2. The average molecular weight is 588 g/mol. The number of benzene rings is 1. The van der Waals surface area contributed by atoms with Crippen molar-refractivity contribution in [1.29, 1.82) is 0 Å². The summed E-state index contributed by atoms with van der Waals surface area (Å²) in [5.41, 5.74) is 4.75. The predicted molar refractivity (Wildman–Crippen MR) is 145 cm³/mol. The molecule has 0 unspecified atom stereocenters. The molecule has 2 saturated carbocycles. The monoisotopic (exact) mass is 587 g/mol. The van der Waals surface area contributed by atoms with E-state index in [1.807, 2.05) is 37.8 Å². The van der Waals surface area contributed by atoms with Crippen molar-refractivity contribution >= 4 is 46.0 Å². The van der Waals surface area contributed by atoms with Crippen LogP contribution in [0.1, 0.15) is 92.4 Å². The van der Waals surface area contributed by atoms with Crippen LogP contribution in [0.2, 0.25) is 0 Å². The van der Waals surface area contributed by atoms with Gasteiger partial charge in [-0.1, -0.05) is 6.07 Å². The molecule has 0 saturated heterocycles. The summed E-state index contributed by atoms with van der Waals surface area (Å²) in [4.78, 5) is 32.5. The van der Waals surface area contributed by atoms with Crippen LogP contribution in [0.15, 0.2) is 24.3 Å². The zero-order valence-corrected chi connectivity index (χ0v) is 23.1. The van der Waals surface area contributed by atoms with E-state index in [0.29, 0.717) is 18.2 Å². The molecular weight excluding hydrogens is 553 g/mol. The number of nitrogens with zero attached hydrogens (tertiary/aromatic N) is 2. The van der Waals surface area contributed by atoms with E-state index in [1.54, 1.807) is 0 Å². The van der Waals surface area contributed by atoms with E-state index in [0.717, 1.165) is 42.8 Å². The van der Waals surface area contributed by atoms with E-state index in [9.17, 15) is 9.59 Å². The normalized spacial score (nSPS) is 22.2. The van der Waals surface area contributed by atoms with Crippen LogP contribution < -0.4 is 5.32 Å². The van der Waals surface area contributed by atoms with Crippen molar-refractivity contribution in [3.05, 3.63) is 50.2 Å². The summed E-state index contributed by atoms with van der Waals surface area (Å²) in [6.45, 7) is 8.43. The molecule has 6 nitrogen and oxygen atoms in total. The largest absolute Gasteiger partial charge is 0.460 e. The Bertz CT molecular complexity index is 1160. The van der Waals surface area contributed by atoms with Crippen LogP contribution in [0.5, 0.6) is 0 Å². The van der Waals surface area contributed by atoms with Gasteiger partial charge in [0.05, 0.1) is 5.92 Å². The van der Waals surface area contributed by atoms with Crippen LogP contribution in [0, 0.1) is 16.4 Å². The summed E-state index contributed by atoms with van der Waals surface area (Å²) in [6, 6.07) is 8.64. The Labute approximate surface area is 221 Å². The topological polar surface area (TPSA) is 71.5 Å². The molecule has 0 atom stereocenters. The molecular formula is C28H34IN3O3. The van der Waals surface area contributed by atoms with Crippen molar-refractivity contribution in [1.82, 2.24) is 9.88 Å². The van der Waals surface area contributed by atoms with Gasteiger partial charge in [-0.15, -0.1) is 0 Å². The Balaban J connectivity index is 1.26. The summed E-state index contributed by atoms with van der Waals surface area (Å²) in [7, 11) is 0. The maximum absolute atomic E-state index is 13.3. The number of rotatable bonds is 5. The Kier molecular flexibility index (Phi) is 6.57. The lowest BCUT2D eigenvalue weighted by Gasteiger charge is -2.34. The number of hydrogen-bond donors (Lipinski definition) is 1. The highest BCUT2D eigenvalue weighted by Gasteiger charge is 2.38. The third kappa shape index (κ3) is 5.34. The van der Waals surface area contributed by atoms with E-state index in [1.165, 1.54) is 27.5 Å². The van der Waals surface area contributed by atoms with Crippen molar-refractivity contribution in [2.45, 2.75) is 90.3 Å². The van der Waals surface area contributed by atoms with Crippen LogP contribution in [-0.2, 0) is 16.1 Å². The number of halogens is 1. The second-order valence-electron chi connectivity index (χ2n) is 11.3. The highest BCUT2D eigenvalue weighted by Crippen LogP contribution is 2.45. The van der Waals surface area contributed by atoms with Gasteiger partial charge in [0.1, 0.15) is 17.1 Å². The molecule has 1 amide bonds. The van der Waals surface area contributed by atoms with Gasteiger partial charge in [-0.05, 0) is 124 Å². The van der Waals surface area contributed by atoms with Crippen LogP contribution in [0.3, 0.4) is 0 Å². The van der Waals surface area contributed by atoms with Crippen molar-refractivity contribution in [2.24, 2.45) is 5.92 Å². The second-order valence-corrected chi connectivity index (χ2v) is 12.4. The molecule has 2 heterocycles. The van der Waals surface area contributed by atoms with Gasteiger partial charge in [0, 0.05) is 27.4 Å². The lowest BCUT2D eigenvalue weighted by Crippen LogP contribution is -2.40. The number of pyridine rings is 1. The first-order valence-corrected chi connectivity index (χ1v) is 13.8. The van der Waals surface area contributed by atoms with Crippen molar-refractivity contribution in [3.63, 3.8) is 0 Å². The van der Waals surface area contributed by atoms with Crippen molar-refractivity contribution < 1.29 is 14.3 Å². The number of nitrogens with one attached hydrogen (secondary N) is 1. The first kappa shape index (κ1) is 24.5. The van der Waals surface area contributed by atoms with Gasteiger partial charge in [0.15, 0.2) is 0 Å². The molecule has 2 aromatic rings. The third-order valence-corrected chi connectivity index (χ3v) is 8.43. The molecule has 2 fully saturated rings. The third-order valence-electron chi connectivity index (χ3n) is 7.27. The summed E-state index contributed by atoms with van der Waals surface area (Å²) in [5, 5.41) is 3.51. The zero-order valence-electron chi connectivity index (χ0n) is 21.0. The Morgan fingerprint density at radius 3 is 2.49 bits per heavy atom. The lowest BCUT2D eigenvalue weighted by atomic mass is 9.85. The molecule has 1 aromatic carbocycles. The summed E-state index contributed by atoms with van der Waals surface area (Å²) >= 11 is 2.40. The molecule has 2 aliphatic carbocycles. The predicted octanol–water partition coefficient (Wildman–Crippen LogP) is 6.47. The zero-order chi connectivity index (χ0) is 24.9. The minimum Gasteiger partial charge on any atom is -0.460 e. The number of carbonyl (C=O) groups is 2. The van der Waals surface area contributed by atoms with E-state index < -0.39 is 5.60 Å². The van der Waals surface area contributed by atoms with Gasteiger partial charge in [-0.2, -0.15) is 0 Å². The van der Waals surface area contributed by atoms with Crippen LogP contribution in [0.25, 0.3) is 0 Å². The molecule has 1 aromatic heterocycles. The molecule has 3 aliphatic rings. The molecule has 1 aliphatic heterocycles. The highest BCUT2D eigenvalue weighted by atomic mass is 127. The van der Waals surface area contributed by atoms with Crippen LogP contribution in [0.4, 0.5) is 11.5 Å². The number of aryl methyl sites for hydroxylation is 1. The number of esters is 1. The Morgan fingerprint density at radius 2 is 1.83 bits per heavy atom. The SMILES string of the molecule is Cc1cc(Nc2ccc3c(n2)C(=O)N(C2CCC(C(=O)OC(C)(C)C)CC2)C3)c(C2CC2)cc1I. The van der Waals surface area contributed by atoms with Gasteiger partial charge >= 0.3 is 5.97 Å². The lowest BCUT2D eigenvalue weighted by molar-refractivity contribution is -0.161. The number of aromatic nitrogens is 1. The molecule has 35 heavy (non-hydrogen) atoms. The molecule has 1 N–H and O–H groups in total. The van der Waals surface area contributed by atoms with Crippen LogP contribution >= 0.6 is 22.6 Å². The number of ether oxygens (including phenoxy) is 1. The van der Waals surface area contributed by atoms with Crippen molar-refractivity contribution in [2.75, 3.05) is 5.32 Å². The summed E-state index contributed by atoms with van der Waals surface area (Å²) in [5.74, 6) is 1.16. The van der Waals surface area contributed by atoms with Crippen LogP contribution in [-0.4, -0.2) is 33.4 Å². The van der Waals surface area contributed by atoms with E-state index >= 15 is 0 Å². The first-order chi connectivity index (χ1) is 16.6. The fourth-order valence-electron chi connectivity index (χ4n) is 5.24. The van der Waals surface area contributed by atoms with E-state index in [-0.39, 0.29) is 23.8 Å². The van der Waals surface area contributed by atoms with E-state index in [4.69, 9.17) is 9.72 Å². The van der Waals surface area contributed by atoms with Gasteiger partial charge < -0.3 is 15.0 Å². The van der Waals surface area contributed by atoms with Crippen molar-refractivity contribution in [3.8, 4) is 0 Å². The van der Waals surface area contributed by atoms with Gasteiger partial charge in [0.25, 0.3) is 5.91 Å². The number of anilines is 2. The highest BCUT2D eigenvalue weighted by molar-refractivity contribution is 14.1. The minimum atomic E-state index is -0.464. The fourth-order valence-corrected chi connectivity index (χ4v) is 5.73. The maximum Gasteiger partial charge on any atom is 0.309 e. The molecule has 0 radical (unpaired) electrons. The second kappa shape index (κ2) is 9.37. The van der Waals surface area contributed by atoms with Gasteiger partial charge in [-0.25, -0.2) is 4.98 Å². The molecule has 5 rings (SSSR count). The fraction of sp³-hybridized carbons (Fsp3) is 0.536. The molecule has 186 valence electrons. The summed E-state index contributed by atoms with van der Waals surface area (Å²) in [6.07, 6.45) is 5.62. The number of hydrogen-bond acceptors (Lipinski definition) is 5. The quantitative estimate of drug-likeness (QED) is 0.321. The smallest absolute Gasteiger partial charge is 0.309 e. The summed E-state index contributed by atoms with van der Waals surface area (Å²) < 4.78 is 6.86. The number of amides is 1. The molecule has 7 heteroatoms. The number of fused-ring (bicyclic) bond motifs is 1. The molecule has 0 spiro atoms. The Hall–Kier alpha value is -2.16. The Morgan fingerprint density at radius 1 is 1.11 bits per heavy atom. The first-order valence-electron chi connectivity index (χ1n) is 12.7. The molecule has 0 bridgehead atoms. The average Bonchev–Trinajstić information content (AvgIpc) is 3.59. The van der Waals surface area contributed by atoms with Gasteiger partial charge in [-0.3, -0.25) is 9.59 Å². The maximum atomic E-state index is 13.3.